The summed E-state index contributed by atoms with van der Waals surface area (Å²) >= 11 is 6.31. The summed E-state index contributed by atoms with van der Waals surface area (Å²) in [6.07, 6.45) is 5.26. The SMILES string of the molecule is CCCC(C#N)=C(Cl)c1ccc2c(c1)CCC2. The molecule has 0 N–H and O–H groups in total. The minimum atomic E-state index is 0.629. The molecule has 0 spiro atoms. The van der Waals surface area contributed by atoms with Gasteiger partial charge in [-0.1, -0.05) is 37.1 Å². The molecule has 1 aromatic rings. The Morgan fingerprint density at radius 1 is 1.35 bits per heavy atom. The van der Waals surface area contributed by atoms with Crippen LogP contribution < -0.4 is 0 Å². The van der Waals surface area contributed by atoms with E-state index in [1.807, 2.05) is 6.07 Å². The number of benzene rings is 1. The Balaban J connectivity index is 2.37. The third kappa shape index (κ3) is 2.53. The summed E-state index contributed by atoms with van der Waals surface area (Å²) in [5.41, 5.74) is 4.53. The van der Waals surface area contributed by atoms with E-state index in [2.05, 4.69) is 25.1 Å². The van der Waals surface area contributed by atoms with Crippen molar-refractivity contribution in [3.8, 4) is 6.07 Å². The Kier molecular flexibility index (Phi) is 3.86. The number of allylic oxidation sites excluding steroid dienone is 1. The normalized spacial score (nSPS) is 15.1. The Bertz CT molecular complexity index is 494. The second-order valence-corrected chi connectivity index (χ2v) is 4.87. The Labute approximate surface area is 108 Å². The summed E-state index contributed by atoms with van der Waals surface area (Å²) in [7, 11) is 0. The second-order valence-electron chi connectivity index (χ2n) is 4.49. The van der Waals surface area contributed by atoms with Crippen LogP contribution in [-0.2, 0) is 12.8 Å². The summed E-state index contributed by atoms with van der Waals surface area (Å²) in [6.45, 7) is 2.06. The molecule has 2 rings (SSSR count). The molecular weight excluding hydrogens is 230 g/mol. The number of nitriles is 1. The largest absolute Gasteiger partial charge is 0.193 e. The first-order chi connectivity index (χ1) is 8.26. The van der Waals surface area contributed by atoms with E-state index in [9.17, 15) is 0 Å². The Morgan fingerprint density at radius 3 is 2.82 bits per heavy atom. The zero-order valence-electron chi connectivity index (χ0n) is 10.1. The molecule has 17 heavy (non-hydrogen) atoms. The second kappa shape index (κ2) is 5.38. The molecule has 0 aliphatic heterocycles. The Morgan fingerprint density at radius 2 is 2.12 bits per heavy atom. The van der Waals surface area contributed by atoms with E-state index in [0.717, 1.165) is 24.8 Å². The van der Waals surface area contributed by atoms with Crippen molar-refractivity contribution in [2.24, 2.45) is 0 Å². The summed E-state index contributed by atoms with van der Waals surface area (Å²) < 4.78 is 0. The Hall–Kier alpha value is -1.26. The zero-order chi connectivity index (χ0) is 12.3. The van der Waals surface area contributed by atoms with Gasteiger partial charge in [0, 0.05) is 5.57 Å². The minimum Gasteiger partial charge on any atom is -0.193 e. The van der Waals surface area contributed by atoms with Crippen molar-refractivity contribution in [1.82, 2.24) is 0 Å². The molecule has 1 aliphatic rings. The van der Waals surface area contributed by atoms with E-state index in [-0.39, 0.29) is 0 Å². The molecule has 0 saturated carbocycles. The van der Waals surface area contributed by atoms with Crippen molar-refractivity contribution < 1.29 is 0 Å². The van der Waals surface area contributed by atoms with Crippen LogP contribution in [0.3, 0.4) is 0 Å². The van der Waals surface area contributed by atoms with Crippen LogP contribution in [0.1, 0.15) is 42.9 Å². The maximum absolute atomic E-state index is 9.09. The van der Waals surface area contributed by atoms with Crippen molar-refractivity contribution in [1.29, 1.82) is 5.26 Å². The van der Waals surface area contributed by atoms with Crippen molar-refractivity contribution in [3.05, 3.63) is 40.5 Å². The molecule has 0 radical (unpaired) electrons. The van der Waals surface area contributed by atoms with Crippen molar-refractivity contribution in [2.75, 3.05) is 0 Å². The summed E-state index contributed by atoms with van der Waals surface area (Å²) in [4.78, 5) is 0. The minimum absolute atomic E-state index is 0.629. The van der Waals surface area contributed by atoms with E-state index < -0.39 is 0 Å². The molecule has 1 aliphatic carbocycles. The van der Waals surface area contributed by atoms with Crippen molar-refractivity contribution >= 4 is 16.6 Å². The highest BCUT2D eigenvalue weighted by Crippen LogP contribution is 2.30. The predicted molar refractivity (Wildman–Crippen MR) is 71.8 cm³/mol. The number of halogens is 1. The summed E-state index contributed by atoms with van der Waals surface area (Å²) in [6, 6.07) is 8.56. The van der Waals surface area contributed by atoms with Crippen LogP contribution in [0.2, 0.25) is 0 Å². The van der Waals surface area contributed by atoms with E-state index >= 15 is 0 Å². The molecule has 0 fully saturated rings. The van der Waals surface area contributed by atoms with Crippen LogP contribution in [0.15, 0.2) is 23.8 Å². The lowest BCUT2D eigenvalue weighted by molar-refractivity contribution is 0.911. The van der Waals surface area contributed by atoms with E-state index in [1.54, 1.807) is 0 Å². The van der Waals surface area contributed by atoms with E-state index in [1.165, 1.54) is 24.0 Å². The molecular formula is C15H16ClN. The molecule has 88 valence electrons. The van der Waals surface area contributed by atoms with Crippen LogP contribution in [0.4, 0.5) is 0 Å². The van der Waals surface area contributed by atoms with Crippen LogP contribution in [-0.4, -0.2) is 0 Å². The fraction of sp³-hybridized carbons (Fsp3) is 0.400. The van der Waals surface area contributed by atoms with Gasteiger partial charge in [0.2, 0.25) is 0 Å². The lowest BCUT2D eigenvalue weighted by atomic mass is 10.0. The number of aryl methyl sites for hydroxylation is 2. The molecule has 0 atom stereocenters. The van der Waals surface area contributed by atoms with Gasteiger partial charge in [-0.05, 0) is 48.4 Å². The maximum atomic E-state index is 9.09. The van der Waals surface area contributed by atoms with Crippen LogP contribution in [0, 0.1) is 11.3 Å². The fourth-order valence-corrected chi connectivity index (χ4v) is 2.60. The third-order valence-electron chi connectivity index (χ3n) is 3.25. The summed E-state index contributed by atoms with van der Waals surface area (Å²) in [5.74, 6) is 0. The van der Waals surface area contributed by atoms with Gasteiger partial charge in [0.1, 0.15) is 0 Å². The first kappa shape index (κ1) is 12.2. The van der Waals surface area contributed by atoms with Crippen molar-refractivity contribution in [3.63, 3.8) is 0 Å². The third-order valence-corrected chi connectivity index (χ3v) is 3.70. The standard InChI is InChI=1S/C15H16ClN/c1-2-4-14(10-17)15(16)13-8-7-11-5-3-6-12(11)9-13/h7-9H,2-6H2,1H3. The molecule has 0 aromatic heterocycles. The quantitative estimate of drug-likeness (QED) is 0.722. The number of fused-ring (bicyclic) bond motifs is 1. The molecule has 1 aromatic carbocycles. The number of rotatable bonds is 3. The highest BCUT2D eigenvalue weighted by molar-refractivity contribution is 6.49. The lowest BCUT2D eigenvalue weighted by Gasteiger charge is -2.06. The molecule has 0 unspecified atom stereocenters. The molecule has 1 nitrogen and oxygen atoms in total. The number of hydrogen-bond donors (Lipinski definition) is 0. The molecule has 2 heteroatoms. The molecule has 0 heterocycles. The predicted octanol–water partition coefficient (Wildman–Crippen LogP) is 4.45. The fourth-order valence-electron chi connectivity index (χ4n) is 2.35. The molecule has 0 amide bonds. The van der Waals surface area contributed by atoms with Gasteiger partial charge in [-0.3, -0.25) is 0 Å². The number of hydrogen-bond acceptors (Lipinski definition) is 1. The van der Waals surface area contributed by atoms with Crippen LogP contribution in [0.25, 0.3) is 5.03 Å². The van der Waals surface area contributed by atoms with Gasteiger partial charge in [0.15, 0.2) is 0 Å². The highest BCUT2D eigenvalue weighted by Gasteiger charge is 2.13. The van der Waals surface area contributed by atoms with Gasteiger partial charge in [-0.25, -0.2) is 0 Å². The van der Waals surface area contributed by atoms with E-state index in [4.69, 9.17) is 16.9 Å². The smallest absolute Gasteiger partial charge is 0.0962 e. The molecule has 0 saturated heterocycles. The van der Waals surface area contributed by atoms with Gasteiger partial charge in [-0.15, -0.1) is 0 Å². The van der Waals surface area contributed by atoms with Gasteiger partial charge in [0.25, 0.3) is 0 Å². The van der Waals surface area contributed by atoms with Crippen molar-refractivity contribution in [2.45, 2.75) is 39.0 Å². The van der Waals surface area contributed by atoms with Gasteiger partial charge in [-0.2, -0.15) is 5.26 Å². The van der Waals surface area contributed by atoms with Gasteiger partial charge in [0.05, 0.1) is 11.1 Å². The first-order valence-corrected chi connectivity index (χ1v) is 6.55. The first-order valence-electron chi connectivity index (χ1n) is 6.17. The topological polar surface area (TPSA) is 23.8 Å². The van der Waals surface area contributed by atoms with Gasteiger partial charge >= 0.3 is 0 Å². The zero-order valence-corrected chi connectivity index (χ0v) is 10.8. The monoisotopic (exact) mass is 245 g/mol. The van der Waals surface area contributed by atoms with E-state index in [0.29, 0.717) is 10.6 Å². The average molecular weight is 246 g/mol. The van der Waals surface area contributed by atoms with Crippen LogP contribution >= 0.6 is 11.6 Å². The molecule has 0 bridgehead atoms. The lowest BCUT2D eigenvalue weighted by Crippen LogP contribution is -1.89. The highest BCUT2D eigenvalue weighted by atomic mass is 35.5. The summed E-state index contributed by atoms with van der Waals surface area (Å²) in [5, 5.41) is 9.72. The van der Waals surface area contributed by atoms with Crippen LogP contribution in [0.5, 0.6) is 0 Å². The maximum Gasteiger partial charge on any atom is 0.0962 e. The number of nitrogens with zero attached hydrogens (tertiary/aromatic N) is 1. The van der Waals surface area contributed by atoms with Gasteiger partial charge < -0.3 is 0 Å². The average Bonchev–Trinajstić information content (AvgIpc) is 2.82.